The Labute approximate surface area is 129 Å². The lowest BCUT2D eigenvalue weighted by molar-refractivity contribution is 0.672. The molecule has 0 unspecified atom stereocenters. The van der Waals surface area contributed by atoms with E-state index in [-0.39, 0.29) is 0 Å². The summed E-state index contributed by atoms with van der Waals surface area (Å²) in [6.07, 6.45) is 4.73. The summed E-state index contributed by atoms with van der Waals surface area (Å²) in [6.45, 7) is 0. The van der Waals surface area contributed by atoms with Crippen molar-refractivity contribution in [2.75, 3.05) is 0 Å². The van der Waals surface area contributed by atoms with Gasteiger partial charge in [0.05, 0.1) is 5.52 Å². The van der Waals surface area contributed by atoms with Crippen LogP contribution in [-0.2, 0) is 12.8 Å². The van der Waals surface area contributed by atoms with E-state index in [9.17, 15) is 0 Å². The van der Waals surface area contributed by atoms with Gasteiger partial charge in [-0.05, 0) is 60.6 Å². The average Bonchev–Trinajstić information content (AvgIpc) is 2.53. The van der Waals surface area contributed by atoms with Crippen LogP contribution in [0.4, 0.5) is 0 Å². The van der Waals surface area contributed by atoms with Crippen LogP contribution in [0.2, 0.25) is 5.02 Å². The molecule has 1 nitrogen and oxygen atoms in total. The first-order valence-electron chi connectivity index (χ1n) is 7.49. The van der Waals surface area contributed by atoms with Crippen molar-refractivity contribution in [3.63, 3.8) is 0 Å². The Morgan fingerprint density at radius 2 is 1.62 bits per heavy atom. The first-order chi connectivity index (χ1) is 10.3. The van der Waals surface area contributed by atoms with Gasteiger partial charge in [0.25, 0.3) is 0 Å². The van der Waals surface area contributed by atoms with Crippen molar-refractivity contribution in [3.8, 4) is 11.1 Å². The van der Waals surface area contributed by atoms with E-state index in [2.05, 4.69) is 36.4 Å². The molecule has 104 valence electrons. The zero-order valence-electron chi connectivity index (χ0n) is 11.8. The van der Waals surface area contributed by atoms with Crippen molar-refractivity contribution in [1.82, 2.24) is 4.98 Å². The fourth-order valence-corrected chi connectivity index (χ4v) is 3.44. The van der Waals surface area contributed by atoms with Crippen LogP contribution in [0, 0.1) is 0 Å². The molecule has 4 rings (SSSR count). The van der Waals surface area contributed by atoms with E-state index in [4.69, 9.17) is 16.6 Å². The average molecular weight is 294 g/mol. The Kier molecular flexibility index (Phi) is 3.16. The van der Waals surface area contributed by atoms with E-state index in [1.807, 2.05) is 12.1 Å². The van der Waals surface area contributed by atoms with Gasteiger partial charge >= 0.3 is 0 Å². The number of fused-ring (bicyclic) bond motifs is 2. The largest absolute Gasteiger partial charge is 0.253 e. The second-order valence-electron chi connectivity index (χ2n) is 5.64. The van der Waals surface area contributed by atoms with Gasteiger partial charge in [-0.1, -0.05) is 41.9 Å². The van der Waals surface area contributed by atoms with Crippen molar-refractivity contribution >= 4 is 22.5 Å². The van der Waals surface area contributed by atoms with E-state index in [1.54, 1.807) is 0 Å². The normalized spacial score (nSPS) is 14.1. The third kappa shape index (κ3) is 2.22. The van der Waals surface area contributed by atoms with E-state index in [1.165, 1.54) is 40.6 Å². The molecule has 2 heteroatoms. The van der Waals surface area contributed by atoms with E-state index < -0.39 is 0 Å². The number of pyridine rings is 1. The number of aromatic nitrogens is 1. The SMILES string of the molecule is Clc1ccc(-c2c3c(nc4ccccc24)CCCC3)cc1. The molecule has 0 bridgehead atoms. The number of benzene rings is 2. The molecule has 0 spiro atoms. The maximum Gasteiger partial charge on any atom is 0.0711 e. The summed E-state index contributed by atoms with van der Waals surface area (Å²) in [5.74, 6) is 0. The Morgan fingerprint density at radius 1 is 0.857 bits per heavy atom. The fraction of sp³-hybridized carbons (Fsp3) is 0.211. The van der Waals surface area contributed by atoms with Crippen molar-refractivity contribution < 1.29 is 0 Å². The third-order valence-corrected chi connectivity index (χ3v) is 4.55. The van der Waals surface area contributed by atoms with Crippen LogP contribution in [0.1, 0.15) is 24.1 Å². The molecule has 0 fully saturated rings. The van der Waals surface area contributed by atoms with Gasteiger partial charge in [0.2, 0.25) is 0 Å². The molecule has 0 amide bonds. The second kappa shape index (κ2) is 5.16. The van der Waals surface area contributed by atoms with Crippen LogP contribution in [0.25, 0.3) is 22.0 Å². The maximum absolute atomic E-state index is 6.05. The summed E-state index contributed by atoms with van der Waals surface area (Å²) in [5, 5.41) is 2.03. The van der Waals surface area contributed by atoms with Crippen molar-refractivity contribution in [2.24, 2.45) is 0 Å². The van der Waals surface area contributed by atoms with Crippen LogP contribution >= 0.6 is 11.6 Å². The molecular weight excluding hydrogens is 278 g/mol. The summed E-state index contributed by atoms with van der Waals surface area (Å²) >= 11 is 6.05. The fourth-order valence-electron chi connectivity index (χ4n) is 3.32. The number of para-hydroxylation sites is 1. The van der Waals surface area contributed by atoms with Gasteiger partial charge in [-0.3, -0.25) is 4.98 Å². The number of rotatable bonds is 1. The van der Waals surface area contributed by atoms with Crippen molar-refractivity contribution in [2.45, 2.75) is 25.7 Å². The first kappa shape index (κ1) is 12.8. The highest BCUT2D eigenvalue weighted by molar-refractivity contribution is 6.30. The molecular formula is C19H16ClN. The van der Waals surface area contributed by atoms with E-state index >= 15 is 0 Å². The topological polar surface area (TPSA) is 12.9 Å². The highest BCUT2D eigenvalue weighted by atomic mass is 35.5. The van der Waals surface area contributed by atoms with Crippen molar-refractivity contribution in [3.05, 3.63) is 64.8 Å². The molecule has 0 radical (unpaired) electrons. The Bertz CT molecular complexity index is 806. The highest BCUT2D eigenvalue weighted by Crippen LogP contribution is 2.36. The first-order valence-corrected chi connectivity index (χ1v) is 7.87. The number of nitrogens with zero attached hydrogens (tertiary/aromatic N) is 1. The Morgan fingerprint density at radius 3 is 2.48 bits per heavy atom. The molecule has 0 saturated heterocycles. The summed E-state index contributed by atoms with van der Waals surface area (Å²) in [5.41, 5.74) is 6.42. The summed E-state index contributed by atoms with van der Waals surface area (Å²) in [6, 6.07) is 16.7. The van der Waals surface area contributed by atoms with E-state index in [0.29, 0.717) is 0 Å². The highest BCUT2D eigenvalue weighted by Gasteiger charge is 2.18. The summed E-state index contributed by atoms with van der Waals surface area (Å²) < 4.78 is 0. The molecule has 0 atom stereocenters. The molecule has 1 aliphatic rings. The third-order valence-electron chi connectivity index (χ3n) is 4.30. The van der Waals surface area contributed by atoms with E-state index in [0.717, 1.165) is 23.4 Å². The van der Waals surface area contributed by atoms with Gasteiger partial charge in [-0.15, -0.1) is 0 Å². The Balaban J connectivity index is 2.07. The molecule has 21 heavy (non-hydrogen) atoms. The quantitative estimate of drug-likeness (QED) is 0.582. The molecule has 0 aliphatic heterocycles. The number of hydrogen-bond donors (Lipinski definition) is 0. The molecule has 1 aliphatic carbocycles. The van der Waals surface area contributed by atoms with Crippen LogP contribution in [-0.4, -0.2) is 4.98 Å². The van der Waals surface area contributed by atoms with Gasteiger partial charge in [0.1, 0.15) is 0 Å². The van der Waals surface area contributed by atoms with Crippen LogP contribution in [0.5, 0.6) is 0 Å². The minimum absolute atomic E-state index is 0.783. The zero-order chi connectivity index (χ0) is 14.2. The second-order valence-corrected chi connectivity index (χ2v) is 6.08. The monoisotopic (exact) mass is 293 g/mol. The lowest BCUT2D eigenvalue weighted by Gasteiger charge is -2.21. The molecule has 3 aromatic rings. The number of hydrogen-bond acceptors (Lipinski definition) is 1. The van der Waals surface area contributed by atoms with Gasteiger partial charge in [0, 0.05) is 16.1 Å². The predicted octanol–water partition coefficient (Wildman–Crippen LogP) is 5.43. The van der Waals surface area contributed by atoms with Crippen LogP contribution < -0.4 is 0 Å². The molecule has 2 aromatic carbocycles. The summed E-state index contributed by atoms with van der Waals surface area (Å²) in [4.78, 5) is 4.89. The smallest absolute Gasteiger partial charge is 0.0711 e. The van der Waals surface area contributed by atoms with Gasteiger partial charge in [-0.25, -0.2) is 0 Å². The summed E-state index contributed by atoms with van der Waals surface area (Å²) in [7, 11) is 0. The number of halogens is 1. The maximum atomic E-state index is 6.05. The minimum atomic E-state index is 0.783. The molecule has 1 heterocycles. The van der Waals surface area contributed by atoms with Gasteiger partial charge in [-0.2, -0.15) is 0 Å². The lowest BCUT2D eigenvalue weighted by Crippen LogP contribution is -2.08. The molecule has 1 aromatic heterocycles. The van der Waals surface area contributed by atoms with Gasteiger partial charge in [0.15, 0.2) is 0 Å². The predicted molar refractivity (Wildman–Crippen MR) is 88.8 cm³/mol. The lowest BCUT2D eigenvalue weighted by atomic mass is 9.87. The standard InChI is InChI=1S/C19H16ClN/c20-14-11-9-13(10-12-14)19-15-5-1-3-7-17(15)21-18-8-4-2-6-16(18)19/h1,3,5,7,9-12H,2,4,6,8H2. The zero-order valence-corrected chi connectivity index (χ0v) is 12.5. The number of aryl methyl sites for hydroxylation is 1. The Hall–Kier alpha value is -1.86. The van der Waals surface area contributed by atoms with Gasteiger partial charge < -0.3 is 0 Å². The molecule has 0 N–H and O–H groups in total. The minimum Gasteiger partial charge on any atom is -0.253 e. The molecule has 0 saturated carbocycles. The van der Waals surface area contributed by atoms with Crippen molar-refractivity contribution in [1.29, 1.82) is 0 Å². The van der Waals surface area contributed by atoms with Crippen LogP contribution in [0.3, 0.4) is 0 Å². The van der Waals surface area contributed by atoms with Crippen LogP contribution in [0.15, 0.2) is 48.5 Å².